The topological polar surface area (TPSA) is 71.1 Å². The third kappa shape index (κ3) is 5.14. The fourth-order valence-electron chi connectivity index (χ4n) is 0.917. The van der Waals surface area contributed by atoms with Gasteiger partial charge in [0.2, 0.25) is 0 Å². The standard InChI is InChI=1S/C11H13O6P/c1-3-9-18(13,16-14-10(2)12)17-15-11-7-5-4-6-8-11/h3-8H,1,9H2,2H3. The van der Waals surface area contributed by atoms with Crippen LogP contribution < -0.4 is 4.89 Å². The predicted molar refractivity (Wildman–Crippen MR) is 63.7 cm³/mol. The Morgan fingerprint density at radius 1 is 1.33 bits per heavy atom. The number of benzene rings is 1. The van der Waals surface area contributed by atoms with E-state index in [1.54, 1.807) is 30.3 Å². The highest BCUT2D eigenvalue weighted by Gasteiger charge is 2.28. The normalized spacial score (nSPS) is 13.4. The Balaban J connectivity index is 2.59. The monoisotopic (exact) mass is 272 g/mol. The van der Waals surface area contributed by atoms with Gasteiger partial charge in [0.1, 0.15) is 0 Å². The lowest BCUT2D eigenvalue weighted by molar-refractivity contribution is -0.229. The van der Waals surface area contributed by atoms with Crippen molar-refractivity contribution in [3.63, 3.8) is 0 Å². The summed E-state index contributed by atoms with van der Waals surface area (Å²) in [4.78, 5) is 19.6. The van der Waals surface area contributed by atoms with E-state index in [-0.39, 0.29) is 6.16 Å². The van der Waals surface area contributed by atoms with Gasteiger partial charge in [0.05, 0.1) is 6.16 Å². The Morgan fingerprint density at radius 2 is 2.00 bits per heavy atom. The summed E-state index contributed by atoms with van der Waals surface area (Å²) in [5.74, 6) is -0.407. The molecule has 0 saturated carbocycles. The molecule has 1 unspecified atom stereocenters. The van der Waals surface area contributed by atoms with Crippen LogP contribution in [-0.4, -0.2) is 12.1 Å². The van der Waals surface area contributed by atoms with Crippen molar-refractivity contribution in [1.29, 1.82) is 0 Å². The van der Waals surface area contributed by atoms with Crippen LogP contribution in [0.25, 0.3) is 0 Å². The first-order chi connectivity index (χ1) is 8.56. The van der Waals surface area contributed by atoms with E-state index in [1.165, 1.54) is 6.08 Å². The number of hydrogen-bond donors (Lipinski definition) is 0. The number of carbonyl (C=O) groups is 1. The first kappa shape index (κ1) is 14.4. The molecule has 1 aromatic carbocycles. The van der Waals surface area contributed by atoms with Gasteiger partial charge in [0, 0.05) is 6.92 Å². The van der Waals surface area contributed by atoms with Crippen molar-refractivity contribution in [3.05, 3.63) is 43.0 Å². The van der Waals surface area contributed by atoms with Gasteiger partial charge in [-0.1, -0.05) is 33.6 Å². The van der Waals surface area contributed by atoms with Crippen LogP contribution in [0.4, 0.5) is 0 Å². The van der Waals surface area contributed by atoms with Gasteiger partial charge >= 0.3 is 13.6 Å². The smallest absolute Gasteiger partial charge is 0.329 e. The Bertz CT molecular complexity index is 444. The zero-order chi connectivity index (χ0) is 13.4. The summed E-state index contributed by atoms with van der Waals surface area (Å²) >= 11 is 0. The Kier molecular flexibility index (Phi) is 5.58. The van der Waals surface area contributed by atoms with Crippen molar-refractivity contribution >= 4 is 13.6 Å². The van der Waals surface area contributed by atoms with E-state index in [9.17, 15) is 9.36 Å². The Hall–Kier alpha value is -1.62. The van der Waals surface area contributed by atoms with Gasteiger partial charge in [0.25, 0.3) is 0 Å². The van der Waals surface area contributed by atoms with Crippen LogP contribution in [0.5, 0.6) is 5.75 Å². The van der Waals surface area contributed by atoms with Crippen LogP contribution in [0, 0.1) is 0 Å². The number of allylic oxidation sites excluding steroid dienone is 1. The first-order valence-electron chi connectivity index (χ1n) is 5.04. The molecular weight excluding hydrogens is 259 g/mol. The van der Waals surface area contributed by atoms with Gasteiger partial charge < -0.3 is 4.89 Å². The molecule has 0 aromatic heterocycles. The second-order valence-corrected chi connectivity index (χ2v) is 5.09. The zero-order valence-corrected chi connectivity index (χ0v) is 10.7. The largest absolute Gasteiger partial charge is 0.409 e. The maximum atomic E-state index is 12.0. The van der Waals surface area contributed by atoms with E-state index in [1.807, 2.05) is 0 Å². The summed E-state index contributed by atoms with van der Waals surface area (Å²) < 4.78 is 21.1. The van der Waals surface area contributed by atoms with E-state index in [2.05, 4.69) is 16.1 Å². The van der Waals surface area contributed by atoms with Gasteiger partial charge in [-0.05, 0) is 12.1 Å². The van der Waals surface area contributed by atoms with Gasteiger partial charge in [-0.3, -0.25) is 9.45 Å². The molecule has 98 valence electrons. The maximum Gasteiger partial charge on any atom is 0.409 e. The third-order valence-corrected chi connectivity index (χ3v) is 2.92. The highest BCUT2D eigenvalue weighted by Crippen LogP contribution is 2.48. The molecule has 1 rings (SSSR count). The number of carbonyl (C=O) groups excluding carboxylic acids is 1. The molecule has 0 aliphatic rings. The van der Waals surface area contributed by atoms with E-state index in [0.717, 1.165) is 6.92 Å². The Morgan fingerprint density at radius 3 is 2.56 bits per heavy atom. The van der Waals surface area contributed by atoms with Gasteiger partial charge in [-0.15, -0.1) is 6.58 Å². The SMILES string of the molecule is C=CCP(=O)(OOC(C)=O)OOc1ccccc1. The minimum Gasteiger partial charge on any atom is -0.329 e. The van der Waals surface area contributed by atoms with Crippen molar-refractivity contribution in [2.45, 2.75) is 6.92 Å². The fraction of sp³-hybridized carbons (Fsp3) is 0.182. The number of rotatable bonds is 7. The molecule has 0 bridgehead atoms. The highest BCUT2D eigenvalue weighted by atomic mass is 31.2. The third-order valence-electron chi connectivity index (χ3n) is 1.61. The summed E-state index contributed by atoms with van der Waals surface area (Å²) in [6.45, 7) is 4.51. The van der Waals surface area contributed by atoms with Gasteiger partial charge in [-0.2, -0.15) is 0 Å². The molecule has 1 atom stereocenters. The molecular formula is C11H13O6P. The average molecular weight is 272 g/mol. The molecule has 0 fully saturated rings. The Labute approximate surface area is 105 Å². The van der Waals surface area contributed by atoms with Crippen LogP contribution in [0.3, 0.4) is 0 Å². The first-order valence-corrected chi connectivity index (χ1v) is 6.76. The average Bonchev–Trinajstić information content (AvgIpc) is 2.36. The summed E-state index contributed by atoms with van der Waals surface area (Å²) in [6, 6.07) is 8.41. The number of para-hydroxylation sites is 1. The van der Waals surface area contributed by atoms with E-state index >= 15 is 0 Å². The molecule has 0 N–H and O–H groups in total. The number of hydrogen-bond acceptors (Lipinski definition) is 6. The van der Waals surface area contributed by atoms with Crippen LogP contribution in [-0.2, 0) is 23.6 Å². The highest BCUT2D eigenvalue weighted by molar-refractivity contribution is 7.53. The summed E-state index contributed by atoms with van der Waals surface area (Å²) in [5.41, 5.74) is 0. The van der Waals surface area contributed by atoms with E-state index in [4.69, 9.17) is 9.56 Å². The molecule has 0 saturated heterocycles. The molecule has 0 aliphatic heterocycles. The minimum atomic E-state index is -3.72. The molecule has 0 radical (unpaired) electrons. The minimum absolute atomic E-state index is 0.160. The lowest BCUT2D eigenvalue weighted by Crippen LogP contribution is -2.05. The summed E-state index contributed by atoms with van der Waals surface area (Å²) in [5, 5.41) is 0. The second-order valence-electron chi connectivity index (χ2n) is 3.20. The van der Waals surface area contributed by atoms with Crippen LogP contribution in [0.15, 0.2) is 43.0 Å². The fourth-order valence-corrected chi connectivity index (χ4v) is 1.80. The van der Waals surface area contributed by atoms with E-state index < -0.39 is 13.6 Å². The van der Waals surface area contributed by atoms with Crippen LogP contribution in [0.2, 0.25) is 0 Å². The van der Waals surface area contributed by atoms with Crippen LogP contribution in [0.1, 0.15) is 6.92 Å². The second kappa shape index (κ2) is 6.96. The lowest BCUT2D eigenvalue weighted by Gasteiger charge is -2.13. The molecule has 0 heterocycles. The summed E-state index contributed by atoms with van der Waals surface area (Å²) in [6.07, 6.45) is 1.14. The van der Waals surface area contributed by atoms with Crippen molar-refractivity contribution < 1.29 is 28.5 Å². The lowest BCUT2D eigenvalue weighted by atomic mass is 10.3. The van der Waals surface area contributed by atoms with Gasteiger partial charge in [-0.25, -0.2) is 4.79 Å². The molecule has 0 amide bonds. The molecule has 18 heavy (non-hydrogen) atoms. The molecule has 0 spiro atoms. The van der Waals surface area contributed by atoms with Crippen LogP contribution >= 0.6 is 7.60 Å². The van der Waals surface area contributed by atoms with Crippen molar-refractivity contribution in [1.82, 2.24) is 0 Å². The quantitative estimate of drug-likeness (QED) is 0.329. The van der Waals surface area contributed by atoms with Crippen molar-refractivity contribution in [2.75, 3.05) is 6.16 Å². The molecule has 1 aromatic rings. The molecule has 7 heteroatoms. The summed E-state index contributed by atoms with van der Waals surface area (Å²) in [7, 11) is -3.72. The maximum absolute atomic E-state index is 12.0. The predicted octanol–water partition coefficient (Wildman–Crippen LogP) is 2.87. The van der Waals surface area contributed by atoms with Crippen molar-refractivity contribution in [3.8, 4) is 5.75 Å². The zero-order valence-electron chi connectivity index (χ0n) is 9.78. The van der Waals surface area contributed by atoms with Gasteiger partial charge in [0.15, 0.2) is 5.75 Å². The molecule has 0 aliphatic carbocycles. The molecule has 6 nitrogen and oxygen atoms in total. The van der Waals surface area contributed by atoms with Crippen molar-refractivity contribution in [2.24, 2.45) is 0 Å². The van der Waals surface area contributed by atoms with E-state index in [0.29, 0.717) is 5.75 Å².